The molecule has 24 heavy (non-hydrogen) atoms. The maximum atomic E-state index is 12.9. The number of aromatic nitrogens is 5. The maximum absolute atomic E-state index is 12.9. The van der Waals surface area contributed by atoms with Gasteiger partial charge >= 0.3 is 5.69 Å². The third kappa shape index (κ3) is 2.75. The van der Waals surface area contributed by atoms with E-state index in [1.165, 1.54) is 0 Å². The topological polar surface area (TPSA) is 98.0 Å². The number of H-pyrrole nitrogens is 1. The summed E-state index contributed by atoms with van der Waals surface area (Å²) in [6, 6.07) is -0.300. The highest BCUT2D eigenvalue weighted by Crippen LogP contribution is 2.33. The Morgan fingerprint density at radius 1 is 1.42 bits per heavy atom. The van der Waals surface area contributed by atoms with Gasteiger partial charge in [0.1, 0.15) is 0 Å². The van der Waals surface area contributed by atoms with Crippen LogP contribution in [0.25, 0.3) is 0 Å². The highest BCUT2D eigenvalue weighted by atomic mass is 16.5. The Morgan fingerprint density at radius 3 is 2.83 bits per heavy atom. The Balaban J connectivity index is 1.94. The van der Waals surface area contributed by atoms with Crippen LogP contribution in [0.3, 0.4) is 0 Å². The second kappa shape index (κ2) is 6.60. The van der Waals surface area contributed by atoms with E-state index in [1.807, 2.05) is 13.8 Å². The Morgan fingerprint density at radius 2 is 2.21 bits per heavy atom. The van der Waals surface area contributed by atoms with Gasteiger partial charge in [0.15, 0.2) is 5.82 Å². The SMILES string of the molecule is CCn1cc(C(=O)N2C[C@@H](OC)C[C@H]2c2n[nH]c(=O)n2CC)cn1. The van der Waals surface area contributed by atoms with Crippen LogP contribution >= 0.6 is 0 Å². The minimum Gasteiger partial charge on any atom is -0.380 e. The number of carbonyl (C=O) groups excluding carboxylic acids is 1. The zero-order chi connectivity index (χ0) is 17.3. The van der Waals surface area contributed by atoms with Crippen molar-refractivity contribution in [2.45, 2.75) is 45.5 Å². The van der Waals surface area contributed by atoms with Crippen molar-refractivity contribution in [3.63, 3.8) is 0 Å². The lowest BCUT2D eigenvalue weighted by Crippen LogP contribution is -2.33. The smallest absolute Gasteiger partial charge is 0.343 e. The molecular formula is C15H22N6O3. The second-order valence-corrected chi connectivity index (χ2v) is 5.78. The minimum atomic E-state index is -0.300. The molecule has 0 radical (unpaired) electrons. The predicted octanol–water partition coefficient (Wildman–Crippen LogP) is 0.410. The van der Waals surface area contributed by atoms with E-state index in [1.54, 1.807) is 33.7 Å². The van der Waals surface area contributed by atoms with Crippen molar-refractivity contribution in [3.05, 3.63) is 34.3 Å². The third-order valence-electron chi connectivity index (χ3n) is 4.46. The molecule has 1 saturated heterocycles. The summed E-state index contributed by atoms with van der Waals surface area (Å²) in [5.74, 6) is 0.440. The maximum Gasteiger partial charge on any atom is 0.343 e. The summed E-state index contributed by atoms with van der Waals surface area (Å²) in [4.78, 5) is 26.5. The highest BCUT2D eigenvalue weighted by Gasteiger charge is 2.39. The summed E-state index contributed by atoms with van der Waals surface area (Å²) in [5, 5.41) is 10.8. The number of methoxy groups -OCH3 is 1. The molecular weight excluding hydrogens is 312 g/mol. The van der Waals surface area contributed by atoms with Crippen molar-refractivity contribution >= 4 is 5.91 Å². The number of aryl methyl sites for hydroxylation is 1. The summed E-state index contributed by atoms with van der Waals surface area (Å²) < 4.78 is 8.71. The van der Waals surface area contributed by atoms with Crippen molar-refractivity contribution in [2.24, 2.45) is 0 Å². The summed E-state index contributed by atoms with van der Waals surface area (Å²) in [6.45, 7) is 5.49. The first kappa shape index (κ1) is 16.4. The number of aromatic amines is 1. The Kier molecular flexibility index (Phi) is 4.52. The molecule has 1 aliphatic rings. The number of carbonyl (C=O) groups is 1. The minimum absolute atomic E-state index is 0.0859. The van der Waals surface area contributed by atoms with Gasteiger partial charge in [-0.2, -0.15) is 10.2 Å². The monoisotopic (exact) mass is 334 g/mol. The number of hydrogen-bond donors (Lipinski definition) is 1. The van der Waals surface area contributed by atoms with Gasteiger partial charge in [-0.05, 0) is 13.8 Å². The van der Waals surface area contributed by atoms with Gasteiger partial charge in [-0.15, -0.1) is 0 Å². The van der Waals surface area contributed by atoms with E-state index in [2.05, 4.69) is 15.3 Å². The molecule has 9 nitrogen and oxygen atoms in total. The lowest BCUT2D eigenvalue weighted by atomic mass is 10.1. The van der Waals surface area contributed by atoms with Crippen LogP contribution in [-0.2, 0) is 17.8 Å². The average molecular weight is 334 g/mol. The van der Waals surface area contributed by atoms with Gasteiger partial charge in [-0.1, -0.05) is 0 Å². The van der Waals surface area contributed by atoms with Crippen molar-refractivity contribution in [1.29, 1.82) is 0 Å². The van der Waals surface area contributed by atoms with E-state index in [-0.39, 0.29) is 23.7 Å². The molecule has 2 aromatic rings. The van der Waals surface area contributed by atoms with Crippen molar-refractivity contribution in [3.8, 4) is 0 Å². The van der Waals surface area contributed by atoms with E-state index in [0.717, 1.165) is 0 Å². The van der Waals surface area contributed by atoms with E-state index in [0.29, 0.717) is 37.4 Å². The van der Waals surface area contributed by atoms with Gasteiger partial charge in [0.05, 0.1) is 23.9 Å². The largest absolute Gasteiger partial charge is 0.380 e. The zero-order valence-electron chi connectivity index (χ0n) is 14.1. The van der Waals surface area contributed by atoms with Crippen LogP contribution in [-0.4, -0.2) is 55.1 Å². The van der Waals surface area contributed by atoms with Gasteiger partial charge in [0.25, 0.3) is 5.91 Å². The van der Waals surface area contributed by atoms with E-state index in [9.17, 15) is 9.59 Å². The molecule has 130 valence electrons. The van der Waals surface area contributed by atoms with E-state index in [4.69, 9.17) is 4.74 Å². The Hall–Kier alpha value is -2.42. The molecule has 0 aliphatic carbocycles. The molecule has 2 atom stereocenters. The summed E-state index contributed by atoms with van der Waals surface area (Å²) >= 11 is 0. The van der Waals surface area contributed by atoms with Gasteiger partial charge in [-0.25, -0.2) is 9.89 Å². The summed E-state index contributed by atoms with van der Waals surface area (Å²) in [7, 11) is 1.63. The molecule has 3 rings (SSSR count). The molecule has 1 N–H and O–H groups in total. The molecule has 9 heteroatoms. The van der Waals surface area contributed by atoms with Crippen LogP contribution in [0.4, 0.5) is 0 Å². The fourth-order valence-corrected chi connectivity index (χ4v) is 3.14. The predicted molar refractivity (Wildman–Crippen MR) is 85.6 cm³/mol. The third-order valence-corrected chi connectivity index (χ3v) is 4.46. The molecule has 0 spiro atoms. The number of likely N-dealkylation sites (tertiary alicyclic amines) is 1. The molecule has 1 fully saturated rings. The highest BCUT2D eigenvalue weighted by molar-refractivity contribution is 5.94. The van der Waals surface area contributed by atoms with Gasteiger partial charge in [-0.3, -0.25) is 14.0 Å². The van der Waals surface area contributed by atoms with E-state index < -0.39 is 0 Å². The van der Waals surface area contributed by atoms with Crippen LogP contribution < -0.4 is 5.69 Å². The van der Waals surface area contributed by atoms with Crippen molar-refractivity contribution in [1.82, 2.24) is 29.4 Å². The van der Waals surface area contributed by atoms with Crippen LogP contribution in [0.5, 0.6) is 0 Å². The van der Waals surface area contributed by atoms with Crippen LogP contribution in [0.2, 0.25) is 0 Å². The first-order valence-electron chi connectivity index (χ1n) is 8.10. The van der Waals surface area contributed by atoms with Crippen LogP contribution in [0, 0.1) is 0 Å². The van der Waals surface area contributed by atoms with Crippen molar-refractivity contribution < 1.29 is 9.53 Å². The fourth-order valence-electron chi connectivity index (χ4n) is 3.14. The quantitative estimate of drug-likeness (QED) is 0.854. The lowest BCUT2D eigenvalue weighted by molar-refractivity contribution is 0.0682. The first-order valence-corrected chi connectivity index (χ1v) is 8.10. The van der Waals surface area contributed by atoms with Gasteiger partial charge in [0, 0.05) is 39.4 Å². The average Bonchev–Trinajstić information content (AvgIpc) is 3.31. The second-order valence-electron chi connectivity index (χ2n) is 5.78. The molecule has 2 aromatic heterocycles. The Bertz CT molecular complexity index is 776. The number of amides is 1. The zero-order valence-corrected chi connectivity index (χ0v) is 14.1. The first-order chi connectivity index (χ1) is 11.6. The van der Waals surface area contributed by atoms with Gasteiger partial charge < -0.3 is 9.64 Å². The summed E-state index contributed by atoms with van der Waals surface area (Å²) in [6.07, 6.45) is 3.82. The number of ether oxygens (including phenoxy) is 1. The Labute approximate surface area is 139 Å². The normalized spacial score (nSPS) is 20.7. The number of rotatable bonds is 5. The molecule has 3 heterocycles. The molecule has 0 unspecified atom stereocenters. The fraction of sp³-hybridized carbons (Fsp3) is 0.600. The summed E-state index contributed by atoms with van der Waals surface area (Å²) in [5.41, 5.74) is 0.263. The standard InChI is InChI=1S/C15H22N6O3/c1-4-19-8-10(7-16-19)14(22)21-9-11(24-3)6-12(21)13-17-18-15(23)20(13)5-2/h7-8,11-12H,4-6,9H2,1-3H3,(H,18,23)/t11-,12-/m0/s1. The number of hydrogen-bond acceptors (Lipinski definition) is 5. The lowest BCUT2D eigenvalue weighted by Gasteiger charge is -2.23. The van der Waals surface area contributed by atoms with Crippen LogP contribution in [0.15, 0.2) is 17.2 Å². The molecule has 0 bridgehead atoms. The van der Waals surface area contributed by atoms with Crippen LogP contribution in [0.1, 0.15) is 42.5 Å². The number of nitrogens with zero attached hydrogens (tertiary/aromatic N) is 5. The molecule has 1 amide bonds. The van der Waals surface area contributed by atoms with E-state index >= 15 is 0 Å². The number of nitrogens with one attached hydrogen (secondary N) is 1. The van der Waals surface area contributed by atoms with Gasteiger partial charge in [0.2, 0.25) is 0 Å². The van der Waals surface area contributed by atoms with Crippen molar-refractivity contribution in [2.75, 3.05) is 13.7 Å². The molecule has 1 aliphatic heterocycles. The molecule has 0 aromatic carbocycles. The molecule has 0 saturated carbocycles.